The average molecular weight is 375 g/mol. The summed E-state index contributed by atoms with van der Waals surface area (Å²) in [6, 6.07) is 7.38. The number of carbonyl (C=O) groups is 1. The summed E-state index contributed by atoms with van der Waals surface area (Å²) in [5.74, 6) is 0.647. The number of piperidine rings is 1. The van der Waals surface area contributed by atoms with E-state index in [0.29, 0.717) is 18.7 Å². The predicted octanol–water partition coefficient (Wildman–Crippen LogP) is 2.56. The Morgan fingerprint density at radius 1 is 1.38 bits per heavy atom. The highest BCUT2D eigenvalue weighted by Gasteiger charge is 2.21. The molecule has 0 spiro atoms. The van der Waals surface area contributed by atoms with Gasteiger partial charge in [0.2, 0.25) is 0 Å². The fraction of sp³-hybridized carbons (Fsp3) is 0.474. The van der Waals surface area contributed by atoms with E-state index >= 15 is 0 Å². The molecule has 7 heteroatoms. The quantitative estimate of drug-likeness (QED) is 0.719. The lowest BCUT2D eigenvalue weighted by Crippen LogP contribution is -2.37. The van der Waals surface area contributed by atoms with Crippen molar-refractivity contribution in [3.05, 3.63) is 46.4 Å². The lowest BCUT2D eigenvalue weighted by molar-refractivity contribution is 0.0924. The van der Waals surface area contributed by atoms with Gasteiger partial charge in [-0.1, -0.05) is 6.07 Å². The minimum Gasteiger partial charge on any atom is -0.490 e. The zero-order valence-corrected chi connectivity index (χ0v) is 15.8. The standard InChI is InChI=1S/C19H25N3O3S/c1-24-11-7-21-19(23)15-3-2-4-17(13-15)25-16-5-9-22(10-6-16)14-18-20-8-12-26-18/h2-4,8,12-13,16H,5-7,9-11,14H2,1H3,(H,21,23). The Labute approximate surface area is 158 Å². The van der Waals surface area contributed by atoms with Crippen molar-refractivity contribution in [2.75, 3.05) is 33.4 Å². The van der Waals surface area contributed by atoms with Crippen LogP contribution in [0.15, 0.2) is 35.8 Å². The summed E-state index contributed by atoms with van der Waals surface area (Å²) in [4.78, 5) is 18.9. The molecule has 0 aliphatic carbocycles. The van der Waals surface area contributed by atoms with Crippen molar-refractivity contribution in [3.8, 4) is 5.75 Å². The molecule has 0 unspecified atom stereocenters. The third-order valence-corrected chi connectivity index (χ3v) is 5.13. The van der Waals surface area contributed by atoms with E-state index in [-0.39, 0.29) is 12.0 Å². The minimum absolute atomic E-state index is 0.106. The van der Waals surface area contributed by atoms with Crippen LogP contribution in [0, 0.1) is 0 Å². The number of aromatic nitrogens is 1. The highest BCUT2D eigenvalue weighted by Crippen LogP contribution is 2.21. The molecule has 2 aromatic rings. The normalized spacial score (nSPS) is 15.7. The average Bonchev–Trinajstić information content (AvgIpc) is 3.17. The van der Waals surface area contributed by atoms with Crippen LogP contribution >= 0.6 is 11.3 Å². The lowest BCUT2D eigenvalue weighted by Gasteiger charge is -2.31. The second-order valence-electron chi connectivity index (χ2n) is 6.30. The number of nitrogens with one attached hydrogen (secondary N) is 1. The van der Waals surface area contributed by atoms with Gasteiger partial charge in [0.25, 0.3) is 5.91 Å². The van der Waals surface area contributed by atoms with Crippen LogP contribution in [-0.2, 0) is 11.3 Å². The zero-order chi connectivity index (χ0) is 18.2. The molecule has 0 saturated carbocycles. The second kappa shape index (κ2) is 9.66. The van der Waals surface area contributed by atoms with Crippen LogP contribution in [0.2, 0.25) is 0 Å². The highest BCUT2D eigenvalue weighted by molar-refractivity contribution is 7.09. The Kier molecular flexibility index (Phi) is 6.99. The first-order chi connectivity index (χ1) is 12.7. The Bertz CT molecular complexity index is 685. The number of amides is 1. The molecular weight excluding hydrogens is 350 g/mol. The van der Waals surface area contributed by atoms with Crippen LogP contribution in [0.4, 0.5) is 0 Å². The lowest BCUT2D eigenvalue weighted by atomic mass is 10.1. The van der Waals surface area contributed by atoms with Crippen molar-refractivity contribution >= 4 is 17.2 Å². The number of carbonyl (C=O) groups excluding carboxylic acids is 1. The van der Waals surface area contributed by atoms with Crippen LogP contribution in [0.5, 0.6) is 5.75 Å². The van der Waals surface area contributed by atoms with Gasteiger partial charge in [0.15, 0.2) is 0 Å². The maximum atomic E-state index is 12.1. The van der Waals surface area contributed by atoms with Gasteiger partial charge in [-0.15, -0.1) is 11.3 Å². The maximum absolute atomic E-state index is 12.1. The van der Waals surface area contributed by atoms with Gasteiger partial charge in [-0.2, -0.15) is 0 Å². The van der Waals surface area contributed by atoms with Gasteiger partial charge in [0.1, 0.15) is 16.9 Å². The molecule has 0 radical (unpaired) electrons. The molecule has 2 heterocycles. The first kappa shape index (κ1) is 18.8. The number of methoxy groups -OCH3 is 1. The molecule has 26 heavy (non-hydrogen) atoms. The van der Waals surface area contributed by atoms with Crippen LogP contribution in [-0.4, -0.2) is 55.2 Å². The van der Waals surface area contributed by atoms with Gasteiger partial charge in [-0.05, 0) is 31.0 Å². The fourth-order valence-corrected chi connectivity index (χ4v) is 3.64. The molecule has 1 N–H and O–H groups in total. The van der Waals surface area contributed by atoms with E-state index in [0.717, 1.165) is 43.2 Å². The fourth-order valence-electron chi connectivity index (χ4n) is 2.98. The largest absolute Gasteiger partial charge is 0.490 e. The Morgan fingerprint density at radius 2 is 2.23 bits per heavy atom. The van der Waals surface area contributed by atoms with Gasteiger partial charge in [0, 0.05) is 43.9 Å². The Hall–Kier alpha value is -1.96. The van der Waals surface area contributed by atoms with Gasteiger partial charge in [-0.25, -0.2) is 4.98 Å². The van der Waals surface area contributed by atoms with Crippen LogP contribution < -0.4 is 10.1 Å². The van der Waals surface area contributed by atoms with Crippen molar-refractivity contribution < 1.29 is 14.3 Å². The number of hydrogen-bond acceptors (Lipinski definition) is 6. The summed E-state index contributed by atoms with van der Waals surface area (Å²) in [6.45, 7) is 3.92. The first-order valence-electron chi connectivity index (χ1n) is 8.89. The summed E-state index contributed by atoms with van der Waals surface area (Å²) >= 11 is 1.70. The molecule has 1 amide bonds. The third kappa shape index (κ3) is 5.52. The topological polar surface area (TPSA) is 63.7 Å². The second-order valence-corrected chi connectivity index (χ2v) is 7.27. The van der Waals surface area contributed by atoms with Crippen molar-refractivity contribution in [1.82, 2.24) is 15.2 Å². The molecule has 3 rings (SSSR count). The number of thiazole rings is 1. The number of nitrogens with zero attached hydrogens (tertiary/aromatic N) is 2. The van der Waals surface area contributed by atoms with Gasteiger partial charge < -0.3 is 14.8 Å². The molecule has 1 aliphatic heterocycles. The van der Waals surface area contributed by atoms with Gasteiger partial charge in [0.05, 0.1) is 13.2 Å². The van der Waals surface area contributed by atoms with E-state index in [1.54, 1.807) is 24.5 Å². The number of benzene rings is 1. The molecule has 1 fully saturated rings. The summed E-state index contributed by atoms with van der Waals surface area (Å²) < 4.78 is 11.1. The van der Waals surface area contributed by atoms with Crippen LogP contribution in [0.25, 0.3) is 0 Å². The summed E-state index contributed by atoms with van der Waals surface area (Å²) in [5.41, 5.74) is 0.611. The van der Waals surface area contributed by atoms with E-state index in [9.17, 15) is 4.79 Å². The number of hydrogen-bond donors (Lipinski definition) is 1. The van der Waals surface area contributed by atoms with Crippen molar-refractivity contribution in [1.29, 1.82) is 0 Å². The molecule has 0 bridgehead atoms. The van der Waals surface area contributed by atoms with E-state index in [1.807, 2.05) is 29.8 Å². The molecule has 6 nitrogen and oxygen atoms in total. The monoisotopic (exact) mass is 375 g/mol. The molecular formula is C19H25N3O3S. The Balaban J connectivity index is 1.47. The number of rotatable bonds is 8. The predicted molar refractivity (Wildman–Crippen MR) is 102 cm³/mol. The van der Waals surface area contributed by atoms with E-state index in [2.05, 4.69) is 15.2 Å². The first-order valence-corrected chi connectivity index (χ1v) is 9.77. The van der Waals surface area contributed by atoms with Crippen LogP contribution in [0.1, 0.15) is 28.2 Å². The summed E-state index contributed by atoms with van der Waals surface area (Å²) in [6.07, 6.45) is 4.01. The third-order valence-electron chi connectivity index (χ3n) is 4.37. The molecule has 1 aliphatic rings. The highest BCUT2D eigenvalue weighted by atomic mass is 32.1. The zero-order valence-electron chi connectivity index (χ0n) is 15.0. The van der Waals surface area contributed by atoms with Gasteiger partial charge in [-0.3, -0.25) is 9.69 Å². The van der Waals surface area contributed by atoms with Gasteiger partial charge >= 0.3 is 0 Å². The molecule has 1 aromatic carbocycles. The SMILES string of the molecule is COCCNC(=O)c1cccc(OC2CCN(Cc3nccs3)CC2)c1. The summed E-state index contributed by atoms with van der Waals surface area (Å²) in [5, 5.41) is 6.01. The molecule has 140 valence electrons. The van der Waals surface area contributed by atoms with E-state index in [1.165, 1.54) is 0 Å². The van der Waals surface area contributed by atoms with Crippen molar-refractivity contribution in [2.24, 2.45) is 0 Å². The minimum atomic E-state index is -0.106. The van der Waals surface area contributed by atoms with Crippen molar-refractivity contribution in [3.63, 3.8) is 0 Å². The molecule has 1 aromatic heterocycles. The van der Waals surface area contributed by atoms with Crippen molar-refractivity contribution in [2.45, 2.75) is 25.5 Å². The van der Waals surface area contributed by atoms with Crippen LogP contribution in [0.3, 0.4) is 0 Å². The van der Waals surface area contributed by atoms with E-state index in [4.69, 9.17) is 9.47 Å². The number of likely N-dealkylation sites (tertiary alicyclic amines) is 1. The molecule has 1 saturated heterocycles. The summed E-state index contributed by atoms with van der Waals surface area (Å²) in [7, 11) is 1.61. The maximum Gasteiger partial charge on any atom is 0.251 e. The number of ether oxygens (including phenoxy) is 2. The Morgan fingerprint density at radius 3 is 2.96 bits per heavy atom. The van der Waals surface area contributed by atoms with E-state index < -0.39 is 0 Å². The molecule has 0 atom stereocenters. The smallest absolute Gasteiger partial charge is 0.251 e.